The lowest BCUT2D eigenvalue weighted by Gasteiger charge is -2.26. The van der Waals surface area contributed by atoms with Gasteiger partial charge in [-0.15, -0.1) is 0 Å². The fraction of sp³-hybridized carbons (Fsp3) is 0. The van der Waals surface area contributed by atoms with Crippen molar-refractivity contribution in [2.45, 2.75) is 0 Å². The third-order valence-electron chi connectivity index (χ3n) is 8.68. The van der Waals surface area contributed by atoms with E-state index in [0.717, 1.165) is 55.8 Å². The lowest BCUT2D eigenvalue weighted by molar-refractivity contribution is 0.668. The fourth-order valence-corrected chi connectivity index (χ4v) is 6.67. The van der Waals surface area contributed by atoms with Crippen molar-refractivity contribution in [2.24, 2.45) is 0 Å². The summed E-state index contributed by atoms with van der Waals surface area (Å²) in [5, 5.41) is 4.69. The van der Waals surface area contributed by atoms with Crippen molar-refractivity contribution >= 4 is 60.8 Å². The first-order valence-corrected chi connectivity index (χ1v) is 15.1. The number of para-hydroxylation sites is 4. The number of benzene rings is 6. The fourth-order valence-electron chi connectivity index (χ4n) is 6.67. The average Bonchev–Trinajstić information content (AvgIpc) is 3.66. The normalized spacial score (nSPS) is 11.6. The number of aromatic nitrogens is 2. The Morgan fingerprint density at radius 3 is 1.93 bits per heavy atom. The maximum absolute atomic E-state index is 6.29. The third-order valence-corrected chi connectivity index (χ3v) is 8.68. The predicted octanol–water partition coefficient (Wildman–Crippen LogP) is 11.2. The Balaban J connectivity index is 1.17. The maximum Gasteiger partial charge on any atom is 0.153 e. The number of furan rings is 1. The summed E-state index contributed by atoms with van der Waals surface area (Å²) in [6.45, 7) is 0. The highest BCUT2D eigenvalue weighted by atomic mass is 16.3. The molecule has 212 valence electrons. The van der Waals surface area contributed by atoms with Crippen LogP contribution in [0.3, 0.4) is 0 Å². The van der Waals surface area contributed by atoms with Crippen molar-refractivity contribution in [3.05, 3.63) is 164 Å². The lowest BCUT2D eigenvalue weighted by atomic mass is 10.0. The van der Waals surface area contributed by atoms with Gasteiger partial charge in [0.2, 0.25) is 0 Å². The summed E-state index contributed by atoms with van der Waals surface area (Å²) in [5.74, 6) is 0. The Morgan fingerprint density at radius 2 is 1.16 bits per heavy atom. The monoisotopic (exact) mass is 577 g/mol. The van der Waals surface area contributed by atoms with Gasteiger partial charge in [0.1, 0.15) is 5.58 Å². The van der Waals surface area contributed by atoms with Gasteiger partial charge in [0.15, 0.2) is 5.58 Å². The zero-order chi connectivity index (χ0) is 29.7. The van der Waals surface area contributed by atoms with Gasteiger partial charge in [0.05, 0.1) is 17.2 Å². The van der Waals surface area contributed by atoms with Crippen molar-refractivity contribution in [1.29, 1.82) is 0 Å². The molecule has 3 heterocycles. The Hall–Kier alpha value is -6.13. The molecule has 9 aromatic rings. The summed E-state index contributed by atoms with van der Waals surface area (Å²) in [4.78, 5) is 6.56. The van der Waals surface area contributed by atoms with E-state index in [9.17, 15) is 0 Å². The predicted molar refractivity (Wildman–Crippen MR) is 186 cm³/mol. The van der Waals surface area contributed by atoms with E-state index >= 15 is 0 Å². The summed E-state index contributed by atoms with van der Waals surface area (Å²) in [6.07, 6.45) is 3.60. The molecule has 4 heteroatoms. The molecule has 0 unspecified atom stereocenters. The van der Waals surface area contributed by atoms with E-state index in [4.69, 9.17) is 4.42 Å². The second kappa shape index (κ2) is 10.2. The molecule has 6 aromatic carbocycles. The molecule has 0 bridgehead atoms. The van der Waals surface area contributed by atoms with Gasteiger partial charge in [-0.25, -0.2) is 0 Å². The first kappa shape index (κ1) is 25.4. The van der Waals surface area contributed by atoms with E-state index in [1.807, 2.05) is 12.3 Å². The molecule has 0 spiro atoms. The van der Waals surface area contributed by atoms with Crippen LogP contribution in [0.15, 0.2) is 168 Å². The number of nitrogens with zero attached hydrogens (tertiary/aromatic N) is 3. The lowest BCUT2D eigenvalue weighted by Crippen LogP contribution is -2.10. The number of anilines is 3. The van der Waals surface area contributed by atoms with E-state index < -0.39 is 0 Å². The van der Waals surface area contributed by atoms with Gasteiger partial charge in [0.25, 0.3) is 0 Å². The van der Waals surface area contributed by atoms with Crippen LogP contribution < -0.4 is 4.90 Å². The highest BCUT2D eigenvalue weighted by Crippen LogP contribution is 2.40. The van der Waals surface area contributed by atoms with Crippen LogP contribution in [0.5, 0.6) is 0 Å². The topological polar surface area (TPSA) is 34.2 Å². The molecule has 4 nitrogen and oxygen atoms in total. The largest absolute Gasteiger partial charge is 0.454 e. The molecule has 3 aromatic heterocycles. The van der Waals surface area contributed by atoms with Crippen LogP contribution in [0.25, 0.3) is 60.6 Å². The van der Waals surface area contributed by atoms with Crippen LogP contribution in [0.4, 0.5) is 17.1 Å². The highest BCUT2D eigenvalue weighted by molar-refractivity contribution is 6.10. The Bertz CT molecular complexity index is 2440. The number of hydrogen-bond donors (Lipinski definition) is 0. The van der Waals surface area contributed by atoms with Gasteiger partial charge in [-0.3, -0.25) is 4.98 Å². The number of hydrogen-bond acceptors (Lipinski definition) is 3. The molecule has 0 aliphatic carbocycles. The Kier molecular flexibility index (Phi) is 5.78. The van der Waals surface area contributed by atoms with E-state index in [1.54, 1.807) is 6.20 Å². The van der Waals surface area contributed by atoms with Crippen molar-refractivity contribution in [3.63, 3.8) is 0 Å². The third kappa shape index (κ3) is 4.11. The number of rotatable bonds is 5. The summed E-state index contributed by atoms with van der Waals surface area (Å²) < 4.78 is 8.65. The molecule has 0 atom stereocenters. The summed E-state index contributed by atoms with van der Waals surface area (Å²) in [6, 6.07) is 53.7. The summed E-state index contributed by atoms with van der Waals surface area (Å²) in [7, 11) is 0. The van der Waals surface area contributed by atoms with Crippen molar-refractivity contribution in [3.8, 4) is 16.8 Å². The van der Waals surface area contributed by atoms with Gasteiger partial charge in [-0.1, -0.05) is 91.0 Å². The maximum atomic E-state index is 6.29. The van der Waals surface area contributed by atoms with Gasteiger partial charge in [-0.2, -0.15) is 0 Å². The highest BCUT2D eigenvalue weighted by Gasteiger charge is 2.17. The van der Waals surface area contributed by atoms with Crippen LogP contribution in [0.1, 0.15) is 0 Å². The van der Waals surface area contributed by atoms with E-state index in [0.29, 0.717) is 0 Å². The van der Waals surface area contributed by atoms with Gasteiger partial charge in [0, 0.05) is 56.1 Å². The zero-order valence-electron chi connectivity index (χ0n) is 24.3. The first-order chi connectivity index (χ1) is 22.3. The Morgan fingerprint density at radius 1 is 0.511 bits per heavy atom. The van der Waals surface area contributed by atoms with Crippen LogP contribution in [0, 0.1) is 0 Å². The standard InChI is InChI=1S/C41H27N3O/c1-2-10-29(11-3-1)43(30-22-20-28(21-23-30)33-16-9-17-37-36-24-25-42-27-40(36)45-41(33)37)31-12-8-13-32(26-31)44-38-18-6-4-14-34(38)35-15-5-7-19-39(35)44/h1-27H. The molecule has 0 aliphatic heterocycles. The van der Waals surface area contributed by atoms with Gasteiger partial charge in [-0.05, 0) is 66.2 Å². The first-order valence-electron chi connectivity index (χ1n) is 15.1. The minimum absolute atomic E-state index is 0.801. The van der Waals surface area contributed by atoms with Crippen LogP contribution in [-0.2, 0) is 0 Å². The second-order valence-electron chi connectivity index (χ2n) is 11.3. The molecule has 0 radical (unpaired) electrons. The van der Waals surface area contributed by atoms with E-state index in [2.05, 4.69) is 160 Å². The van der Waals surface area contributed by atoms with Crippen molar-refractivity contribution < 1.29 is 4.42 Å². The van der Waals surface area contributed by atoms with Crippen LogP contribution >= 0.6 is 0 Å². The molecule has 0 fully saturated rings. The number of pyridine rings is 1. The van der Waals surface area contributed by atoms with Crippen LogP contribution in [0.2, 0.25) is 0 Å². The molecule has 0 amide bonds. The summed E-state index contributed by atoms with van der Waals surface area (Å²) >= 11 is 0. The number of fused-ring (bicyclic) bond motifs is 6. The molecule has 0 N–H and O–H groups in total. The summed E-state index contributed by atoms with van der Waals surface area (Å²) in [5.41, 5.74) is 10.6. The minimum atomic E-state index is 0.801. The Labute approximate surface area is 260 Å². The zero-order valence-corrected chi connectivity index (χ0v) is 24.3. The molecule has 0 aliphatic rings. The average molecular weight is 578 g/mol. The second-order valence-corrected chi connectivity index (χ2v) is 11.3. The molecule has 45 heavy (non-hydrogen) atoms. The quantitative estimate of drug-likeness (QED) is 0.204. The molecular weight excluding hydrogens is 550 g/mol. The molecule has 9 rings (SSSR count). The molecule has 0 saturated carbocycles. The smallest absolute Gasteiger partial charge is 0.153 e. The molecular formula is C41H27N3O. The van der Waals surface area contributed by atoms with Gasteiger partial charge >= 0.3 is 0 Å². The molecule has 0 saturated heterocycles. The van der Waals surface area contributed by atoms with Crippen LogP contribution in [-0.4, -0.2) is 9.55 Å². The van der Waals surface area contributed by atoms with E-state index in [-0.39, 0.29) is 0 Å². The minimum Gasteiger partial charge on any atom is -0.454 e. The van der Waals surface area contributed by atoms with Crippen molar-refractivity contribution in [1.82, 2.24) is 9.55 Å². The van der Waals surface area contributed by atoms with Crippen molar-refractivity contribution in [2.75, 3.05) is 4.90 Å². The van der Waals surface area contributed by atoms with Gasteiger partial charge < -0.3 is 13.9 Å². The van der Waals surface area contributed by atoms with E-state index in [1.165, 1.54) is 21.8 Å². The SMILES string of the molecule is c1ccc(N(c2ccc(-c3cccc4c3oc3cnccc34)cc2)c2cccc(-n3c4ccccc4c4ccccc43)c2)cc1.